The summed E-state index contributed by atoms with van der Waals surface area (Å²) in [5.74, 6) is -1.73. The number of aliphatic imine (C=N–C) groups is 1. The molecule has 0 saturated heterocycles. The molecule has 1 aliphatic rings. The number of nitrogens with one attached hydrogen (secondary N) is 4. The Kier molecular flexibility index (Phi) is 9.20. The van der Waals surface area contributed by atoms with Gasteiger partial charge in [-0.1, -0.05) is 11.6 Å². The summed E-state index contributed by atoms with van der Waals surface area (Å²) in [7, 11) is -4.14. The van der Waals surface area contributed by atoms with E-state index in [1.54, 1.807) is 12.1 Å². The summed E-state index contributed by atoms with van der Waals surface area (Å²) in [5.41, 5.74) is 0. The molecule has 2 heterocycles. The number of rotatable bonds is 10. The number of halogens is 1. The first-order valence-corrected chi connectivity index (χ1v) is 13.3. The lowest BCUT2D eigenvalue weighted by atomic mass is 10.2. The molecule has 2 aromatic rings. The quantitative estimate of drug-likeness (QED) is 0.298. The second kappa shape index (κ2) is 12.1. The molecule has 1 aromatic carbocycles. The van der Waals surface area contributed by atoms with Crippen molar-refractivity contribution < 1.29 is 27.9 Å². The molecular formula is C21H24ClN5O6S2. The van der Waals surface area contributed by atoms with Crippen molar-refractivity contribution in [3.63, 3.8) is 0 Å². The molecule has 1 atom stereocenters. The number of aliphatic carboxylic acids is 1. The molecule has 0 bridgehead atoms. The van der Waals surface area contributed by atoms with E-state index in [4.69, 9.17) is 11.6 Å². The van der Waals surface area contributed by atoms with Crippen molar-refractivity contribution in [3.8, 4) is 0 Å². The number of amides is 2. The second-order valence-corrected chi connectivity index (χ2v) is 10.8. The largest absolute Gasteiger partial charge is 0.480 e. The number of carboxylic acid groups (broad SMARTS) is 1. The molecule has 1 aliphatic heterocycles. The lowest BCUT2D eigenvalue weighted by Gasteiger charge is -2.15. The molecule has 5 N–H and O–H groups in total. The van der Waals surface area contributed by atoms with Gasteiger partial charge in [0, 0.05) is 36.0 Å². The first kappa shape index (κ1) is 26.6. The summed E-state index contributed by atoms with van der Waals surface area (Å²) in [6, 6.07) is 6.91. The fourth-order valence-corrected chi connectivity index (χ4v) is 5.25. The van der Waals surface area contributed by atoms with Crippen LogP contribution in [-0.2, 0) is 26.0 Å². The minimum Gasteiger partial charge on any atom is -0.480 e. The Bertz CT molecular complexity index is 1210. The summed E-state index contributed by atoms with van der Waals surface area (Å²) in [6.45, 7) is 0.955. The summed E-state index contributed by atoms with van der Waals surface area (Å²) >= 11 is 6.92. The maximum Gasteiger partial charge on any atom is 0.323 e. The van der Waals surface area contributed by atoms with Crippen LogP contribution in [0.1, 0.15) is 27.4 Å². The lowest BCUT2D eigenvalue weighted by Crippen LogP contribution is -2.48. The standard InChI is InChI=1S/C21H24ClN5O6S2/c22-13-2-6-15(7-3-13)35(32,33)27-16(20(30)31)12-25-19(29)17-8-4-14(34-17)5-9-18(28)26-21-23-10-1-11-24-21/h2-4,6-8,16,27H,1,5,9-12H2,(H,25,29)(H,30,31)(H2,23,24,26,28)/t16-/m0/s1. The van der Waals surface area contributed by atoms with E-state index in [1.165, 1.54) is 24.3 Å². The van der Waals surface area contributed by atoms with Crippen LogP contribution in [0.2, 0.25) is 5.02 Å². The number of carbonyl (C=O) groups is 3. The van der Waals surface area contributed by atoms with Crippen LogP contribution >= 0.6 is 22.9 Å². The number of hydrogen-bond acceptors (Lipinski definition) is 8. The zero-order chi connectivity index (χ0) is 25.4. The van der Waals surface area contributed by atoms with Gasteiger partial charge in [0.15, 0.2) is 5.96 Å². The van der Waals surface area contributed by atoms with Crippen molar-refractivity contribution in [3.05, 3.63) is 51.2 Å². The SMILES string of the molecule is O=C(CCc1ccc(C(=O)NC[C@H](NS(=O)(=O)c2ccc(Cl)cc2)C(=O)O)s1)NC1=NCCCN1. The third-order valence-electron chi connectivity index (χ3n) is 4.83. The summed E-state index contributed by atoms with van der Waals surface area (Å²) in [5, 5.41) is 17.9. The minimum absolute atomic E-state index is 0.155. The molecule has 0 unspecified atom stereocenters. The fourth-order valence-electron chi connectivity index (χ4n) is 3.01. The first-order valence-electron chi connectivity index (χ1n) is 10.6. The van der Waals surface area contributed by atoms with Crippen molar-refractivity contribution in [1.82, 2.24) is 20.7 Å². The highest BCUT2D eigenvalue weighted by Gasteiger charge is 2.26. The molecule has 11 nitrogen and oxygen atoms in total. The number of nitrogens with zero attached hydrogens (tertiary/aromatic N) is 1. The number of sulfonamides is 1. The number of carbonyl (C=O) groups excluding carboxylic acids is 2. The molecule has 0 radical (unpaired) electrons. The highest BCUT2D eigenvalue weighted by molar-refractivity contribution is 7.89. The Hall–Kier alpha value is -3.00. The average molecular weight is 542 g/mol. The van der Waals surface area contributed by atoms with Crippen molar-refractivity contribution in [2.24, 2.45) is 4.99 Å². The molecule has 0 fully saturated rings. The smallest absolute Gasteiger partial charge is 0.323 e. The summed E-state index contributed by atoms with van der Waals surface area (Å²) in [4.78, 5) is 41.2. The maximum absolute atomic E-state index is 12.5. The molecule has 3 rings (SSSR count). The maximum atomic E-state index is 12.5. The van der Waals surface area contributed by atoms with Gasteiger partial charge in [-0.15, -0.1) is 11.3 Å². The molecule has 188 valence electrons. The zero-order valence-electron chi connectivity index (χ0n) is 18.4. The van der Waals surface area contributed by atoms with Crippen LogP contribution in [0.3, 0.4) is 0 Å². The van der Waals surface area contributed by atoms with Crippen molar-refractivity contribution >= 4 is 56.7 Å². The van der Waals surface area contributed by atoms with E-state index >= 15 is 0 Å². The molecule has 14 heteroatoms. The zero-order valence-corrected chi connectivity index (χ0v) is 20.8. The summed E-state index contributed by atoms with van der Waals surface area (Å²) in [6.07, 6.45) is 1.53. The van der Waals surface area contributed by atoms with Gasteiger partial charge in [0.05, 0.1) is 9.77 Å². The van der Waals surface area contributed by atoms with E-state index in [0.29, 0.717) is 28.8 Å². The van der Waals surface area contributed by atoms with Gasteiger partial charge < -0.3 is 15.7 Å². The van der Waals surface area contributed by atoms with E-state index in [0.717, 1.165) is 29.2 Å². The van der Waals surface area contributed by atoms with Crippen molar-refractivity contribution in [2.45, 2.75) is 30.2 Å². The van der Waals surface area contributed by atoms with Crippen LogP contribution in [0.5, 0.6) is 0 Å². The van der Waals surface area contributed by atoms with E-state index in [1.807, 2.05) is 0 Å². The van der Waals surface area contributed by atoms with Crippen LogP contribution < -0.4 is 20.7 Å². The van der Waals surface area contributed by atoms with E-state index in [9.17, 15) is 27.9 Å². The van der Waals surface area contributed by atoms with Gasteiger partial charge in [-0.3, -0.25) is 24.7 Å². The Morgan fingerprint density at radius 3 is 2.57 bits per heavy atom. The number of hydrogen-bond donors (Lipinski definition) is 5. The monoisotopic (exact) mass is 541 g/mol. The molecule has 0 spiro atoms. The number of carboxylic acids is 1. The predicted octanol–water partition coefficient (Wildman–Crippen LogP) is 0.961. The van der Waals surface area contributed by atoms with E-state index < -0.39 is 34.5 Å². The average Bonchev–Trinajstić information content (AvgIpc) is 3.30. The van der Waals surface area contributed by atoms with Gasteiger partial charge in [0.1, 0.15) is 6.04 Å². The molecule has 0 aliphatic carbocycles. The topological polar surface area (TPSA) is 166 Å². The van der Waals surface area contributed by atoms with Crippen LogP contribution in [0.15, 0.2) is 46.3 Å². The van der Waals surface area contributed by atoms with Crippen molar-refractivity contribution in [2.75, 3.05) is 19.6 Å². The first-order chi connectivity index (χ1) is 16.6. The van der Waals surface area contributed by atoms with Gasteiger partial charge in [-0.05, 0) is 49.2 Å². The minimum atomic E-state index is -4.14. The van der Waals surface area contributed by atoms with Crippen LogP contribution in [-0.4, -0.2) is 62.9 Å². The highest BCUT2D eigenvalue weighted by Crippen LogP contribution is 2.18. The Balaban J connectivity index is 1.51. The fraction of sp³-hybridized carbons (Fsp3) is 0.333. The third kappa shape index (κ3) is 8.02. The highest BCUT2D eigenvalue weighted by atomic mass is 35.5. The van der Waals surface area contributed by atoms with Gasteiger partial charge in [0.2, 0.25) is 15.9 Å². The predicted molar refractivity (Wildman–Crippen MR) is 131 cm³/mol. The van der Waals surface area contributed by atoms with Crippen LogP contribution in [0.25, 0.3) is 0 Å². The molecule has 35 heavy (non-hydrogen) atoms. The number of thiophene rings is 1. The molecule has 0 saturated carbocycles. The number of benzene rings is 1. The molecule has 1 aromatic heterocycles. The Morgan fingerprint density at radius 1 is 1.17 bits per heavy atom. The Morgan fingerprint density at radius 2 is 1.91 bits per heavy atom. The van der Waals surface area contributed by atoms with Gasteiger partial charge in [-0.25, -0.2) is 8.42 Å². The molecular weight excluding hydrogens is 518 g/mol. The normalized spacial score (nSPS) is 14.4. The van der Waals surface area contributed by atoms with E-state index in [-0.39, 0.29) is 17.2 Å². The third-order valence-corrected chi connectivity index (χ3v) is 7.71. The Labute approximate surface area is 211 Å². The van der Waals surface area contributed by atoms with Gasteiger partial charge in [0.25, 0.3) is 5.91 Å². The summed E-state index contributed by atoms with van der Waals surface area (Å²) < 4.78 is 27.0. The molecule has 2 amide bonds. The van der Waals surface area contributed by atoms with Crippen molar-refractivity contribution in [1.29, 1.82) is 0 Å². The van der Waals surface area contributed by atoms with Gasteiger partial charge in [-0.2, -0.15) is 4.72 Å². The van der Waals surface area contributed by atoms with Gasteiger partial charge >= 0.3 is 5.97 Å². The number of aryl methyl sites for hydroxylation is 1. The lowest BCUT2D eigenvalue weighted by molar-refractivity contribution is -0.138. The second-order valence-electron chi connectivity index (χ2n) is 7.50. The number of guanidine groups is 1. The van der Waals surface area contributed by atoms with Crippen LogP contribution in [0, 0.1) is 0 Å². The van der Waals surface area contributed by atoms with Crippen LogP contribution in [0.4, 0.5) is 0 Å². The van der Waals surface area contributed by atoms with E-state index in [2.05, 4.69) is 25.7 Å².